The SMILES string of the molecule is CC(C)n1ncnc1COCC1(N)CCCCCC1. The van der Waals surface area contributed by atoms with Gasteiger partial charge in [0.2, 0.25) is 0 Å². The van der Waals surface area contributed by atoms with Gasteiger partial charge in [-0.15, -0.1) is 0 Å². The zero-order chi connectivity index (χ0) is 13.7. The van der Waals surface area contributed by atoms with E-state index in [0.717, 1.165) is 18.7 Å². The number of rotatable bonds is 5. The summed E-state index contributed by atoms with van der Waals surface area (Å²) in [6.07, 6.45) is 8.79. The Hall–Kier alpha value is -0.940. The molecule has 1 aliphatic rings. The summed E-state index contributed by atoms with van der Waals surface area (Å²) in [5.41, 5.74) is 6.29. The maximum atomic E-state index is 6.43. The van der Waals surface area contributed by atoms with E-state index < -0.39 is 0 Å². The lowest BCUT2D eigenvalue weighted by atomic mass is 9.93. The van der Waals surface area contributed by atoms with E-state index in [2.05, 4.69) is 23.9 Å². The van der Waals surface area contributed by atoms with E-state index in [1.54, 1.807) is 6.33 Å². The average Bonchev–Trinajstić information content (AvgIpc) is 2.72. The number of hydrogen-bond acceptors (Lipinski definition) is 4. The lowest BCUT2D eigenvalue weighted by Crippen LogP contribution is -2.44. The van der Waals surface area contributed by atoms with Gasteiger partial charge in [0.15, 0.2) is 5.82 Å². The molecule has 0 bridgehead atoms. The smallest absolute Gasteiger partial charge is 0.153 e. The van der Waals surface area contributed by atoms with E-state index in [-0.39, 0.29) is 5.54 Å². The Balaban J connectivity index is 1.83. The van der Waals surface area contributed by atoms with Crippen LogP contribution in [0.2, 0.25) is 0 Å². The average molecular weight is 266 g/mol. The highest BCUT2D eigenvalue weighted by molar-refractivity contribution is 4.88. The molecule has 0 unspecified atom stereocenters. The van der Waals surface area contributed by atoms with Gasteiger partial charge in [0.05, 0.1) is 6.61 Å². The Morgan fingerprint density at radius 1 is 1.32 bits per heavy atom. The molecular formula is C14H26N4O. The van der Waals surface area contributed by atoms with Crippen molar-refractivity contribution in [3.05, 3.63) is 12.2 Å². The fourth-order valence-electron chi connectivity index (χ4n) is 2.73. The molecule has 19 heavy (non-hydrogen) atoms. The molecule has 5 nitrogen and oxygen atoms in total. The first-order valence-corrected chi connectivity index (χ1v) is 7.36. The molecule has 0 radical (unpaired) electrons. The van der Waals surface area contributed by atoms with Crippen molar-refractivity contribution in [2.75, 3.05) is 6.61 Å². The Labute approximate surface area is 115 Å². The van der Waals surface area contributed by atoms with Gasteiger partial charge in [-0.2, -0.15) is 5.10 Å². The first-order chi connectivity index (χ1) is 9.11. The lowest BCUT2D eigenvalue weighted by Gasteiger charge is -2.27. The molecule has 1 aliphatic carbocycles. The van der Waals surface area contributed by atoms with Crippen molar-refractivity contribution in [3.8, 4) is 0 Å². The summed E-state index contributed by atoms with van der Waals surface area (Å²) in [5.74, 6) is 0.882. The third kappa shape index (κ3) is 4.01. The molecule has 0 saturated heterocycles. The number of ether oxygens (including phenoxy) is 1. The van der Waals surface area contributed by atoms with Crippen molar-refractivity contribution >= 4 is 0 Å². The van der Waals surface area contributed by atoms with Crippen LogP contribution in [0.1, 0.15) is 64.2 Å². The normalized spacial score (nSPS) is 19.6. The highest BCUT2D eigenvalue weighted by Gasteiger charge is 2.26. The second-order valence-corrected chi connectivity index (χ2v) is 5.98. The van der Waals surface area contributed by atoms with Crippen LogP contribution in [0.3, 0.4) is 0 Å². The molecule has 1 heterocycles. The molecule has 0 atom stereocenters. The third-order valence-corrected chi connectivity index (χ3v) is 3.86. The molecule has 2 N–H and O–H groups in total. The minimum absolute atomic E-state index is 0.140. The van der Waals surface area contributed by atoms with Gasteiger partial charge in [-0.1, -0.05) is 25.7 Å². The quantitative estimate of drug-likeness (QED) is 0.831. The van der Waals surface area contributed by atoms with Crippen LogP contribution in [0.25, 0.3) is 0 Å². The summed E-state index contributed by atoms with van der Waals surface area (Å²) < 4.78 is 7.72. The van der Waals surface area contributed by atoms with Crippen LogP contribution < -0.4 is 5.73 Å². The van der Waals surface area contributed by atoms with Gasteiger partial charge in [-0.25, -0.2) is 9.67 Å². The molecule has 2 rings (SSSR count). The van der Waals surface area contributed by atoms with Gasteiger partial charge < -0.3 is 10.5 Å². The summed E-state index contributed by atoms with van der Waals surface area (Å²) >= 11 is 0. The summed E-state index contributed by atoms with van der Waals surface area (Å²) in [6.45, 7) is 5.30. The number of nitrogens with two attached hydrogens (primary N) is 1. The van der Waals surface area contributed by atoms with Gasteiger partial charge in [0, 0.05) is 11.6 Å². The predicted molar refractivity (Wildman–Crippen MR) is 74.7 cm³/mol. The van der Waals surface area contributed by atoms with Crippen LogP contribution in [0, 0.1) is 0 Å². The maximum absolute atomic E-state index is 6.43. The topological polar surface area (TPSA) is 66.0 Å². The summed E-state index contributed by atoms with van der Waals surface area (Å²) in [6, 6.07) is 0.311. The fourth-order valence-corrected chi connectivity index (χ4v) is 2.73. The largest absolute Gasteiger partial charge is 0.372 e. The number of nitrogens with zero attached hydrogens (tertiary/aromatic N) is 3. The molecule has 0 aliphatic heterocycles. The predicted octanol–water partition coefficient (Wildman–Crippen LogP) is 2.43. The lowest BCUT2D eigenvalue weighted by molar-refractivity contribution is 0.0603. The molecule has 0 amide bonds. The Morgan fingerprint density at radius 2 is 2.00 bits per heavy atom. The van der Waals surface area contributed by atoms with E-state index in [9.17, 15) is 0 Å². The third-order valence-electron chi connectivity index (χ3n) is 3.86. The van der Waals surface area contributed by atoms with Crippen molar-refractivity contribution in [1.82, 2.24) is 14.8 Å². The van der Waals surface area contributed by atoms with Crippen LogP contribution in [-0.2, 0) is 11.3 Å². The Kier molecular flexibility index (Phi) is 4.93. The van der Waals surface area contributed by atoms with Crippen LogP contribution in [0.4, 0.5) is 0 Å². The highest BCUT2D eigenvalue weighted by atomic mass is 16.5. The van der Waals surface area contributed by atoms with Gasteiger partial charge in [-0.3, -0.25) is 0 Å². The summed E-state index contributed by atoms with van der Waals surface area (Å²) in [4.78, 5) is 4.25. The van der Waals surface area contributed by atoms with E-state index >= 15 is 0 Å². The van der Waals surface area contributed by atoms with Gasteiger partial charge in [-0.05, 0) is 26.7 Å². The fraction of sp³-hybridized carbons (Fsp3) is 0.857. The van der Waals surface area contributed by atoms with Crippen molar-refractivity contribution in [2.24, 2.45) is 5.73 Å². The minimum atomic E-state index is -0.140. The zero-order valence-electron chi connectivity index (χ0n) is 12.1. The first kappa shape index (κ1) is 14.5. The van der Waals surface area contributed by atoms with Crippen molar-refractivity contribution < 1.29 is 4.74 Å². The Morgan fingerprint density at radius 3 is 2.63 bits per heavy atom. The zero-order valence-corrected chi connectivity index (χ0v) is 12.1. The van der Waals surface area contributed by atoms with Crippen LogP contribution in [0.15, 0.2) is 6.33 Å². The number of aromatic nitrogens is 3. The van der Waals surface area contributed by atoms with Crippen LogP contribution in [0.5, 0.6) is 0 Å². The monoisotopic (exact) mass is 266 g/mol. The molecule has 1 aromatic rings. The minimum Gasteiger partial charge on any atom is -0.372 e. The molecule has 0 aromatic carbocycles. The Bertz CT molecular complexity index is 381. The second kappa shape index (κ2) is 6.48. The maximum Gasteiger partial charge on any atom is 0.153 e. The van der Waals surface area contributed by atoms with E-state index in [1.165, 1.54) is 25.7 Å². The second-order valence-electron chi connectivity index (χ2n) is 5.98. The van der Waals surface area contributed by atoms with Crippen LogP contribution >= 0.6 is 0 Å². The molecule has 1 aromatic heterocycles. The van der Waals surface area contributed by atoms with Gasteiger partial charge in [0.1, 0.15) is 12.9 Å². The first-order valence-electron chi connectivity index (χ1n) is 7.36. The molecule has 0 spiro atoms. The summed E-state index contributed by atoms with van der Waals surface area (Å²) in [7, 11) is 0. The van der Waals surface area contributed by atoms with E-state index in [4.69, 9.17) is 10.5 Å². The van der Waals surface area contributed by atoms with Crippen LogP contribution in [-0.4, -0.2) is 26.9 Å². The standard InChI is InChI=1S/C14H26N4O/c1-12(2)18-13(16-11-17-18)9-19-10-14(15)7-5-3-4-6-8-14/h11-12H,3-10,15H2,1-2H3. The van der Waals surface area contributed by atoms with Crippen molar-refractivity contribution in [1.29, 1.82) is 0 Å². The molecule has 1 saturated carbocycles. The molecule has 1 fully saturated rings. The molecule has 108 valence electrons. The molecular weight excluding hydrogens is 240 g/mol. The highest BCUT2D eigenvalue weighted by Crippen LogP contribution is 2.25. The van der Waals surface area contributed by atoms with E-state index in [0.29, 0.717) is 19.3 Å². The van der Waals surface area contributed by atoms with Gasteiger partial charge >= 0.3 is 0 Å². The van der Waals surface area contributed by atoms with E-state index in [1.807, 2.05) is 4.68 Å². The van der Waals surface area contributed by atoms with Crippen molar-refractivity contribution in [2.45, 2.75) is 70.6 Å². The molecule has 5 heteroatoms. The van der Waals surface area contributed by atoms with Crippen molar-refractivity contribution in [3.63, 3.8) is 0 Å². The van der Waals surface area contributed by atoms with Gasteiger partial charge in [0.25, 0.3) is 0 Å². The number of hydrogen-bond donors (Lipinski definition) is 1. The summed E-state index contributed by atoms with van der Waals surface area (Å²) in [5, 5.41) is 4.21.